The molecule has 2 aliphatic rings. The van der Waals surface area contributed by atoms with Gasteiger partial charge in [0.15, 0.2) is 0 Å². The first-order valence-corrected chi connectivity index (χ1v) is 10.1. The van der Waals surface area contributed by atoms with Crippen LogP contribution >= 0.6 is 0 Å². The zero-order chi connectivity index (χ0) is 14.9. The van der Waals surface area contributed by atoms with Crippen LogP contribution in [0.25, 0.3) is 0 Å². The van der Waals surface area contributed by atoms with Crippen molar-refractivity contribution in [3.63, 3.8) is 0 Å². The van der Waals surface area contributed by atoms with Gasteiger partial charge in [0.1, 0.15) is 0 Å². The van der Waals surface area contributed by atoms with Crippen molar-refractivity contribution in [2.75, 3.05) is 6.54 Å². The van der Waals surface area contributed by atoms with Crippen molar-refractivity contribution in [2.24, 2.45) is 17.8 Å². The number of rotatable bonds is 9. The summed E-state index contributed by atoms with van der Waals surface area (Å²) in [6, 6.07) is 0.833. The van der Waals surface area contributed by atoms with Crippen LogP contribution in [0.1, 0.15) is 97.3 Å². The highest BCUT2D eigenvalue weighted by atomic mass is 14.9. The topological polar surface area (TPSA) is 12.0 Å². The van der Waals surface area contributed by atoms with Crippen LogP contribution in [0.4, 0.5) is 0 Å². The molecular weight excluding hydrogens is 254 g/mol. The highest BCUT2D eigenvalue weighted by Crippen LogP contribution is 2.37. The summed E-state index contributed by atoms with van der Waals surface area (Å²) in [5, 5.41) is 3.92. The molecule has 21 heavy (non-hydrogen) atoms. The van der Waals surface area contributed by atoms with Crippen molar-refractivity contribution < 1.29 is 0 Å². The molecule has 0 spiro atoms. The minimum absolute atomic E-state index is 0.833. The van der Waals surface area contributed by atoms with E-state index in [1.54, 1.807) is 0 Å². The van der Waals surface area contributed by atoms with Gasteiger partial charge >= 0.3 is 0 Å². The molecule has 0 bridgehead atoms. The summed E-state index contributed by atoms with van der Waals surface area (Å²) in [6.07, 6.45) is 19.1. The summed E-state index contributed by atoms with van der Waals surface area (Å²) in [6.45, 7) is 5.87. The van der Waals surface area contributed by atoms with Gasteiger partial charge in [-0.15, -0.1) is 0 Å². The Bertz CT molecular complexity index is 249. The molecule has 0 aromatic rings. The maximum absolute atomic E-state index is 3.92. The van der Waals surface area contributed by atoms with E-state index in [-0.39, 0.29) is 0 Å². The van der Waals surface area contributed by atoms with Crippen LogP contribution < -0.4 is 5.32 Å². The Labute approximate surface area is 133 Å². The number of nitrogens with one attached hydrogen (secondary N) is 1. The van der Waals surface area contributed by atoms with E-state index >= 15 is 0 Å². The first kappa shape index (κ1) is 17.3. The predicted octanol–water partition coefficient (Wildman–Crippen LogP) is 5.93. The molecule has 1 N–H and O–H groups in total. The second-order valence-corrected chi connectivity index (χ2v) is 7.87. The fraction of sp³-hybridized carbons (Fsp3) is 1.00. The SMILES string of the molecule is CCCCC1CCC(C(CC2CCCC2)NCCC)CC1. The van der Waals surface area contributed by atoms with Crippen molar-refractivity contribution in [3.8, 4) is 0 Å². The first-order chi connectivity index (χ1) is 10.3. The van der Waals surface area contributed by atoms with Gasteiger partial charge in [0, 0.05) is 6.04 Å². The van der Waals surface area contributed by atoms with Crippen molar-refractivity contribution in [3.05, 3.63) is 0 Å². The smallest absolute Gasteiger partial charge is 0.00979 e. The molecule has 0 aromatic heterocycles. The zero-order valence-electron chi connectivity index (χ0n) is 14.7. The number of hydrogen-bond acceptors (Lipinski definition) is 1. The van der Waals surface area contributed by atoms with Gasteiger partial charge in [-0.2, -0.15) is 0 Å². The molecule has 0 radical (unpaired) electrons. The van der Waals surface area contributed by atoms with E-state index in [4.69, 9.17) is 0 Å². The lowest BCUT2D eigenvalue weighted by atomic mass is 9.75. The van der Waals surface area contributed by atoms with Gasteiger partial charge in [0.25, 0.3) is 0 Å². The van der Waals surface area contributed by atoms with Crippen LogP contribution in [0.15, 0.2) is 0 Å². The molecular formula is C20H39N. The molecule has 2 fully saturated rings. The summed E-state index contributed by atoms with van der Waals surface area (Å²) in [5.74, 6) is 3.08. The minimum Gasteiger partial charge on any atom is -0.314 e. The van der Waals surface area contributed by atoms with Crippen LogP contribution in [0.2, 0.25) is 0 Å². The fourth-order valence-electron chi connectivity index (χ4n) is 4.75. The maximum atomic E-state index is 3.92. The van der Waals surface area contributed by atoms with Gasteiger partial charge in [-0.25, -0.2) is 0 Å². The van der Waals surface area contributed by atoms with E-state index in [0.29, 0.717) is 0 Å². The predicted molar refractivity (Wildman–Crippen MR) is 93.6 cm³/mol. The Morgan fingerprint density at radius 2 is 1.57 bits per heavy atom. The Kier molecular flexibility index (Phi) is 8.14. The lowest BCUT2D eigenvalue weighted by Crippen LogP contribution is -2.39. The summed E-state index contributed by atoms with van der Waals surface area (Å²) >= 11 is 0. The summed E-state index contributed by atoms with van der Waals surface area (Å²) in [5.41, 5.74) is 0. The van der Waals surface area contributed by atoms with Crippen molar-refractivity contribution in [2.45, 2.75) is 103 Å². The largest absolute Gasteiger partial charge is 0.314 e. The molecule has 2 saturated carbocycles. The standard InChI is InChI=1S/C20H39N/c1-3-5-8-17-11-13-19(14-12-17)20(21-15-4-2)16-18-9-6-7-10-18/h17-21H,3-16H2,1-2H3. The average Bonchev–Trinajstić information content (AvgIpc) is 3.03. The van der Waals surface area contributed by atoms with Crippen LogP contribution in [-0.4, -0.2) is 12.6 Å². The molecule has 0 saturated heterocycles. The Hall–Kier alpha value is -0.0400. The van der Waals surface area contributed by atoms with Gasteiger partial charge in [-0.1, -0.05) is 71.6 Å². The number of unbranched alkanes of at least 4 members (excludes halogenated alkanes) is 1. The molecule has 0 aromatic carbocycles. The quantitative estimate of drug-likeness (QED) is 0.555. The third kappa shape index (κ3) is 5.93. The van der Waals surface area contributed by atoms with Gasteiger partial charge in [0.2, 0.25) is 0 Å². The lowest BCUT2D eigenvalue weighted by molar-refractivity contribution is 0.192. The van der Waals surface area contributed by atoms with Crippen molar-refractivity contribution in [1.29, 1.82) is 0 Å². The van der Waals surface area contributed by atoms with E-state index in [2.05, 4.69) is 19.2 Å². The Morgan fingerprint density at radius 3 is 2.19 bits per heavy atom. The molecule has 1 heteroatoms. The van der Waals surface area contributed by atoms with Crippen molar-refractivity contribution >= 4 is 0 Å². The molecule has 124 valence electrons. The molecule has 2 aliphatic carbocycles. The molecule has 0 amide bonds. The van der Waals surface area contributed by atoms with Gasteiger partial charge in [-0.05, 0) is 50.0 Å². The highest BCUT2D eigenvalue weighted by Gasteiger charge is 2.29. The fourth-order valence-corrected chi connectivity index (χ4v) is 4.75. The second-order valence-electron chi connectivity index (χ2n) is 7.87. The van der Waals surface area contributed by atoms with Crippen LogP contribution in [0, 0.1) is 17.8 Å². The van der Waals surface area contributed by atoms with E-state index in [1.165, 1.54) is 90.0 Å². The third-order valence-corrected chi connectivity index (χ3v) is 6.14. The van der Waals surface area contributed by atoms with E-state index in [0.717, 1.165) is 23.8 Å². The van der Waals surface area contributed by atoms with Crippen molar-refractivity contribution in [1.82, 2.24) is 5.32 Å². The minimum atomic E-state index is 0.833. The van der Waals surface area contributed by atoms with Gasteiger partial charge in [-0.3, -0.25) is 0 Å². The van der Waals surface area contributed by atoms with Crippen LogP contribution in [0.3, 0.4) is 0 Å². The molecule has 2 rings (SSSR count). The molecule has 0 heterocycles. The van der Waals surface area contributed by atoms with E-state index in [1.807, 2.05) is 0 Å². The normalized spacial score (nSPS) is 28.9. The summed E-state index contributed by atoms with van der Waals surface area (Å²) in [4.78, 5) is 0. The average molecular weight is 294 g/mol. The van der Waals surface area contributed by atoms with Crippen LogP contribution in [-0.2, 0) is 0 Å². The Balaban J connectivity index is 1.76. The molecule has 1 nitrogen and oxygen atoms in total. The third-order valence-electron chi connectivity index (χ3n) is 6.14. The van der Waals surface area contributed by atoms with Gasteiger partial charge < -0.3 is 5.32 Å². The monoisotopic (exact) mass is 293 g/mol. The summed E-state index contributed by atoms with van der Waals surface area (Å²) < 4.78 is 0. The van der Waals surface area contributed by atoms with Crippen LogP contribution in [0.5, 0.6) is 0 Å². The first-order valence-electron chi connectivity index (χ1n) is 10.1. The summed E-state index contributed by atoms with van der Waals surface area (Å²) in [7, 11) is 0. The molecule has 1 atom stereocenters. The van der Waals surface area contributed by atoms with E-state index in [9.17, 15) is 0 Å². The van der Waals surface area contributed by atoms with E-state index < -0.39 is 0 Å². The van der Waals surface area contributed by atoms with Gasteiger partial charge in [0.05, 0.1) is 0 Å². The zero-order valence-corrected chi connectivity index (χ0v) is 14.7. The lowest BCUT2D eigenvalue weighted by Gasteiger charge is -2.36. The molecule has 1 unspecified atom stereocenters. The Morgan fingerprint density at radius 1 is 0.857 bits per heavy atom. The maximum Gasteiger partial charge on any atom is 0.00979 e. The number of hydrogen-bond donors (Lipinski definition) is 1. The second kappa shape index (κ2) is 9.87. The molecule has 0 aliphatic heterocycles. The highest BCUT2D eigenvalue weighted by molar-refractivity contribution is 4.85.